The number of carbonyl (C=O) groups excluding carboxylic acids is 2. The maximum Gasteiger partial charge on any atom is 0.267 e. The summed E-state index contributed by atoms with van der Waals surface area (Å²) in [7, 11) is 1.68. The van der Waals surface area contributed by atoms with Gasteiger partial charge in [0.15, 0.2) is 11.9 Å². The van der Waals surface area contributed by atoms with E-state index in [0.29, 0.717) is 27.6 Å². The molecule has 0 bridgehead atoms. The Balaban J connectivity index is 1.98. The molecule has 112 valence electrons. The number of nitrogens with zero attached hydrogens (tertiary/aromatic N) is 1. The first-order valence-electron chi connectivity index (χ1n) is 6.86. The predicted octanol–water partition coefficient (Wildman–Crippen LogP) is 3.31. The summed E-state index contributed by atoms with van der Waals surface area (Å²) in [6.07, 6.45) is -0.518. The van der Waals surface area contributed by atoms with Gasteiger partial charge >= 0.3 is 0 Å². The zero-order valence-corrected chi connectivity index (χ0v) is 12.9. The standard InChI is InChI=1S/C17H14ClNO3/c1-10-17(21)19(2)14-9-12(5-8-15(14)22-10)16(20)11-3-6-13(18)7-4-11/h3-10H,1-2H3. The number of amides is 1. The largest absolute Gasteiger partial charge is 0.479 e. The molecule has 0 aliphatic carbocycles. The minimum atomic E-state index is -0.518. The summed E-state index contributed by atoms with van der Waals surface area (Å²) in [5, 5.41) is 0.578. The molecule has 2 aromatic rings. The van der Waals surface area contributed by atoms with Crippen LogP contribution in [0.15, 0.2) is 42.5 Å². The van der Waals surface area contributed by atoms with Gasteiger partial charge in [-0.25, -0.2) is 0 Å². The number of ketones is 1. The summed E-state index contributed by atoms with van der Waals surface area (Å²) in [6, 6.07) is 11.8. The third-order valence-electron chi connectivity index (χ3n) is 3.67. The molecule has 1 heterocycles. The van der Waals surface area contributed by atoms with Gasteiger partial charge in [0.1, 0.15) is 5.75 Å². The van der Waals surface area contributed by atoms with Crippen LogP contribution in [0.1, 0.15) is 22.8 Å². The highest BCUT2D eigenvalue weighted by molar-refractivity contribution is 6.30. The van der Waals surface area contributed by atoms with Crippen LogP contribution in [0.2, 0.25) is 5.02 Å². The van der Waals surface area contributed by atoms with Crippen LogP contribution < -0.4 is 9.64 Å². The van der Waals surface area contributed by atoms with Gasteiger partial charge in [-0.15, -0.1) is 0 Å². The van der Waals surface area contributed by atoms with Gasteiger partial charge in [-0.1, -0.05) is 11.6 Å². The molecule has 1 aliphatic heterocycles. The van der Waals surface area contributed by atoms with E-state index in [-0.39, 0.29) is 11.7 Å². The second-order valence-electron chi connectivity index (χ2n) is 5.18. The van der Waals surface area contributed by atoms with Crippen LogP contribution in [0.25, 0.3) is 0 Å². The number of fused-ring (bicyclic) bond motifs is 1. The Morgan fingerprint density at radius 1 is 1.14 bits per heavy atom. The van der Waals surface area contributed by atoms with E-state index in [1.54, 1.807) is 56.4 Å². The summed E-state index contributed by atoms with van der Waals surface area (Å²) in [5.74, 6) is 0.338. The maximum absolute atomic E-state index is 12.5. The van der Waals surface area contributed by atoms with Crippen molar-refractivity contribution in [3.8, 4) is 5.75 Å². The number of rotatable bonds is 2. The van der Waals surface area contributed by atoms with Gasteiger partial charge in [-0.2, -0.15) is 0 Å². The molecule has 0 fully saturated rings. The van der Waals surface area contributed by atoms with Gasteiger partial charge in [-0.05, 0) is 49.4 Å². The Labute approximate surface area is 133 Å². The highest BCUT2D eigenvalue weighted by Gasteiger charge is 2.29. The number of hydrogen-bond donors (Lipinski definition) is 0. The Morgan fingerprint density at radius 3 is 2.45 bits per heavy atom. The number of anilines is 1. The van der Waals surface area contributed by atoms with Crippen LogP contribution in [0.5, 0.6) is 5.75 Å². The Morgan fingerprint density at radius 2 is 1.77 bits per heavy atom. The zero-order chi connectivity index (χ0) is 15.9. The second kappa shape index (κ2) is 5.46. The van der Waals surface area contributed by atoms with Gasteiger partial charge in [-0.3, -0.25) is 9.59 Å². The fraction of sp³-hybridized carbons (Fsp3) is 0.176. The molecular formula is C17H14ClNO3. The maximum atomic E-state index is 12.5. The smallest absolute Gasteiger partial charge is 0.267 e. The Hall–Kier alpha value is -2.33. The van der Waals surface area contributed by atoms with Crippen LogP contribution >= 0.6 is 11.6 Å². The average Bonchev–Trinajstić information content (AvgIpc) is 2.52. The summed E-state index contributed by atoms with van der Waals surface area (Å²) < 4.78 is 5.55. The lowest BCUT2D eigenvalue weighted by molar-refractivity contribution is -0.125. The van der Waals surface area contributed by atoms with E-state index in [1.165, 1.54) is 4.90 Å². The lowest BCUT2D eigenvalue weighted by Crippen LogP contribution is -2.42. The number of halogens is 1. The minimum absolute atomic E-state index is 0.126. The van der Waals surface area contributed by atoms with Crippen molar-refractivity contribution in [2.24, 2.45) is 0 Å². The van der Waals surface area contributed by atoms with Crippen molar-refractivity contribution in [2.45, 2.75) is 13.0 Å². The highest BCUT2D eigenvalue weighted by Crippen LogP contribution is 2.34. The molecule has 1 amide bonds. The topological polar surface area (TPSA) is 46.6 Å². The SMILES string of the molecule is CC1Oc2ccc(C(=O)c3ccc(Cl)cc3)cc2N(C)C1=O. The number of ether oxygens (including phenoxy) is 1. The van der Waals surface area contributed by atoms with Gasteiger partial charge in [0, 0.05) is 23.2 Å². The number of hydrogen-bond acceptors (Lipinski definition) is 3. The van der Waals surface area contributed by atoms with Crippen molar-refractivity contribution in [2.75, 3.05) is 11.9 Å². The molecule has 4 nitrogen and oxygen atoms in total. The van der Waals surface area contributed by atoms with E-state index >= 15 is 0 Å². The molecule has 0 aromatic heterocycles. The summed E-state index contributed by atoms with van der Waals surface area (Å²) in [4.78, 5) is 26.0. The van der Waals surface area contributed by atoms with E-state index in [9.17, 15) is 9.59 Å². The number of carbonyl (C=O) groups is 2. The number of benzene rings is 2. The molecule has 0 N–H and O–H groups in total. The molecule has 5 heteroatoms. The van der Waals surface area contributed by atoms with Crippen LogP contribution in [0, 0.1) is 0 Å². The van der Waals surface area contributed by atoms with Crippen LogP contribution in [0.3, 0.4) is 0 Å². The first kappa shape index (κ1) is 14.6. The third kappa shape index (κ3) is 2.46. The van der Waals surface area contributed by atoms with E-state index < -0.39 is 6.10 Å². The normalized spacial score (nSPS) is 17.0. The first-order valence-corrected chi connectivity index (χ1v) is 7.23. The second-order valence-corrected chi connectivity index (χ2v) is 5.61. The molecule has 2 aromatic carbocycles. The van der Waals surface area contributed by atoms with Crippen molar-refractivity contribution in [3.63, 3.8) is 0 Å². The fourth-order valence-corrected chi connectivity index (χ4v) is 2.55. The number of likely N-dealkylation sites (N-methyl/N-ethyl adjacent to an activating group) is 1. The monoisotopic (exact) mass is 315 g/mol. The molecular weight excluding hydrogens is 302 g/mol. The molecule has 1 unspecified atom stereocenters. The van der Waals surface area contributed by atoms with Gasteiger partial charge < -0.3 is 9.64 Å². The lowest BCUT2D eigenvalue weighted by atomic mass is 10.0. The molecule has 3 rings (SSSR count). The van der Waals surface area contributed by atoms with Gasteiger partial charge in [0.05, 0.1) is 5.69 Å². The van der Waals surface area contributed by atoms with Crippen LogP contribution in [-0.2, 0) is 4.79 Å². The third-order valence-corrected chi connectivity index (χ3v) is 3.92. The predicted molar refractivity (Wildman–Crippen MR) is 84.8 cm³/mol. The van der Waals surface area contributed by atoms with Crippen molar-refractivity contribution in [1.29, 1.82) is 0 Å². The Bertz CT molecular complexity index is 755. The Kier molecular flexibility index (Phi) is 3.62. The molecule has 1 aliphatic rings. The van der Waals surface area contributed by atoms with E-state index in [4.69, 9.17) is 16.3 Å². The van der Waals surface area contributed by atoms with E-state index in [2.05, 4.69) is 0 Å². The summed E-state index contributed by atoms with van der Waals surface area (Å²) >= 11 is 5.83. The quantitative estimate of drug-likeness (QED) is 0.799. The van der Waals surface area contributed by atoms with Gasteiger partial charge in [0.2, 0.25) is 0 Å². The van der Waals surface area contributed by atoms with Crippen molar-refractivity contribution in [3.05, 3.63) is 58.6 Å². The van der Waals surface area contributed by atoms with E-state index in [1.807, 2.05) is 0 Å². The highest BCUT2D eigenvalue weighted by atomic mass is 35.5. The lowest BCUT2D eigenvalue weighted by Gasteiger charge is -2.30. The van der Waals surface area contributed by atoms with Crippen LogP contribution in [0.4, 0.5) is 5.69 Å². The van der Waals surface area contributed by atoms with Crippen LogP contribution in [-0.4, -0.2) is 24.8 Å². The first-order chi connectivity index (χ1) is 10.5. The summed E-state index contributed by atoms with van der Waals surface area (Å²) in [6.45, 7) is 1.70. The fourth-order valence-electron chi connectivity index (χ4n) is 2.42. The molecule has 1 atom stereocenters. The molecule has 0 radical (unpaired) electrons. The average molecular weight is 316 g/mol. The molecule has 0 saturated carbocycles. The summed E-state index contributed by atoms with van der Waals surface area (Å²) in [5.41, 5.74) is 1.64. The molecule has 0 saturated heterocycles. The van der Waals surface area contributed by atoms with Gasteiger partial charge in [0.25, 0.3) is 5.91 Å². The van der Waals surface area contributed by atoms with E-state index in [0.717, 1.165) is 0 Å². The van der Waals surface area contributed by atoms with Crippen molar-refractivity contribution >= 4 is 29.0 Å². The molecule has 0 spiro atoms. The minimum Gasteiger partial charge on any atom is -0.479 e. The zero-order valence-electron chi connectivity index (χ0n) is 12.2. The molecule has 22 heavy (non-hydrogen) atoms. The van der Waals surface area contributed by atoms with Crippen molar-refractivity contribution in [1.82, 2.24) is 0 Å². The van der Waals surface area contributed by atoms with Crippen molar-refractivity contribution < 1.29 is 14.3 Å².